The van der Waals surface area contributed by atoms with Gasteiger partial charge in [0.2, 0.25) is 27.7 Å². The Labute approximate surface area is 463 Å². The second-order valence-electron chi connectivity index (χ2n) is 19.6. The molecule has 6 aromatic rings. The molecule has 3 aromatic carbocycles. The van der Waals surface area contributed by atoms with Crippen LogP contribution in [0.15, 0.2) is 104 Å². The highest BCUT2D eigenvalue weighted by atomic mass is 32.2. The van der Waals surface area contributed by atoms with E-state index in [1.807, 2.05) is 57.2 Å². The van der Waals surface area contributed by atoms with Crippen LogP contribution in [0.5, 0.6) is 5.75 Å². The Balaban J connectivity index is 0.941. The average molecular weight is 1120 g/mol. The van der Waals surface area contributed by atoms with Gasteiger partial charge in [-0.1, -0.05) is 49.4 Å². The van der Waals surface area contributed by atoms with E-state index in [0.29, 0.717) is 69.8 Å². The van der Waals surface area contributed by atoms with E-state index in [4.69, 9.17) is 9.47 Å². The first-order chi connectivity index (χ1) is 38.0. The van der Waals surface area contributed by atoms with Crippen LogP contribution in [-0.4, -0.2) is 123 Å². The van der Waals surface area contributed by atoms with E-state index in [1.54, 1.807) is 72.1 Å². The maximum Gasteiger partial charge on any atom is 0.338 e. The van der Waals surface area contributed by atoms with Crippen molar-refractivity contribution in [1.29, 1.82) is 0 Å². The van der Waals surface area contributed by atoms with E-state index in [-0.39, 0.29) is 50.2 Å². The van der Waals surface area contributed by atoms with E-state index in [1.165, 1.54) is 42.4 Å². The Morgan fingerprint density at radius 2 is 1.43 bits per heavy atom. The van der Waals surface area contributed by atoms with Crippen molar-refractivity contribution in [1.82, 2.24) is 43.9 Å². The van der Waals surface area contributed by atoms with E-state index < -0.39 is 58.1 Å². The van der Waals surface area contributed by atoms with Crippen molar-refractivity contribution in [2.24, 2.45) is 5.92 Å². The Hall–Kier alpha value is -8.97. The summed E-state index contributed by atoms with van der Waals surface area (Å²) in [5.41, 5.74) is 6.52. The molecular formula is C55H65N13O11S. The first kappa shape index (κ1) is 58.7. The number of amides is 7. The number of nitrogens with zero attached hydrogens (tertiary/aromatic N) is 7. The number of rotatable bonds is 21. The van der Waals surface area contributed by atoms with Crippen molar-refractivity contribution in [3.63, 3.8) is 0 Å². The second-order valence-corrected chi connectivity index (χ2v) is 21.4. The van der Waals surface area contributed by atoms with Crippen LogP contribution in [0.2, 0.25) is 0 Å². The molecule has 0 aliphatic carbocycles. The molecule has 7 amide bonds. The molecule has 4 atom stereocenters. The van der Waals surface area contributed by atoms with Crippen molar-refractivity contribution in [2.75, 3.05) is 48.2 Å². The molecule has 1 saturated heterocycles. The second kappa shape index (κ2) is 26.1. The number of pyridine rings is 1. The molecule has 0 radical (unpaired) electrons. The molecule has 25 heteroatoms. The van der Waals surface area contributed by atoms with Gasteiger partial charge in [-0.25, -0.2) is 37.6 Å². The number of sulfonamides is 1. The predicted octanol–water partition coefficient (Wildman–Crippen LogP) is 5.24. The molecule has 4 heterocycles. The smallest absolute Gasteiger partial charge is 0.338 e. The lowest BCUT2D eigenvalue weighted by Crippen LogP contribution is -2.49. The molecule has 0 bridgehead atoms. The van der Waals surface area contributed by atoms with Gasteiger partial charge in [0.15, 0.2) is 0 Å². The van der Waals surface area contributed by atoms with Crippen molar-refractivity contribution in [2.45, 2.75) is 91.6 Å². The fourth-order valence-electron chi connectivity index (χ4n) is 9.04. The zero-order valence-electron chi connectivity index (χ0n) is 45.6. The number of methoxy groups -OCH3 is 1. The highest BCUT2D eigenvalue weighted by molar-refractivity contribution is 7.88. The van der Waals surface area contributed by atoms with Gasteiger partial charge >= 0.3 is 24.0 Å². The van der Waals surface area contributed by atoms with E-state index in [0.717, 1.165) is 17.4 Å². The lowest BCUT2D eigenvalue weighted by molar-refractivity contribution is -0.163. The number of carbonyl (C=O) groups is 7. The molecule has 3 aromatic heterocycles. The largest absolute Gasteiger partial charge is 0.495 e. The summed E-state index contributed by atoms with van der Waals surface area (Å²) in [5.74, 6) is -3.22. The molecule has 422 valence electrons. The summed E-state index contributed by atoms with van der Waals surface area (Å²) in [6, 6.07) is 18.6. The number of benzene rings is 3. The molecule has 80 heavy (non-hydrogen) atoms. The number of carbonyl (C=O) groups excluding carboxylic acids is 7. The third-order valence-corrected chi connectivity index (χ3v) is 14.1. The van der Waals surface area contributed by atoms with E-state index in [2.05, 4.69) is 46.3 Å². The fraction of sp³-hybridized carbons (Fsp3) is 0.345. The maximum absolute atomic E-state index is 13.8. The van der Waals surface area contributed by atoms with Crippen LogP contribution in [-0.2, 0) is 71.2 Å². The number of urea groups is 2. The number of aromatic nitrogens is 5. The number of nitrogens with one attached hydrogen (secondary N) is 6. The summed E-state index contributed by atoms with van der Waals surface area (Å²) in [6.07, 6.45) is 7.31. The minimum atomic E-state index is -4.07. The van der Waals surface area contributed by atoms with Gasteiger partial charge in [0.1, 0.15) is 17.8 Å². The van der Waals surface area contributed by atoms with Gasteiger partial charge in [0, 0.05) is 49.5 Å². The zero-order chi connectivity index (χ0) is 57.8. The molecule has 7 rings (SSSR count). The number of para-hydroxylation sites is 2. The van der Waals surface area contributed by atoms with Gasteiger partial charge in [0.05, 0.1) is 93.5 Å². The van der Waals surface area contributed by atoms with Crippen LogP contribution in [0.4, 0.5) is 32.3 Å². The van der Waals surface area contributed by atoms with E-state index >= 15 is 0 Å². The van der Waals surface area contributed by atoms with Crippen LogP contribution < -0.4 is 36.0 Å². The number of hydrogen-bond donors (Lipinski definition) is 6. The van der Waals surface area contributed by atoms with Gasteiger partial charge in [-0.05, 0) is 86.2 Å². The van der Waals surface area contributed by atoms with Crippen molar-refractivity contribution in [3.8, 4) is 5.75 Å². The minimum absolute atomic E-state index is 0.0158. The SMILES string of the molecule is COc1cc(CC(=O)N(C)Cc2ncn(CC(NC(C)=O)C(=O)OC(=O)C(Cn3cnc(C4C(C)CCN4C(=O)Cc4ccc(NC(=O)Nc5ccccc5C)cn4)c3)NS(C)(=O)=O)c2C)ccc1NC(=O)Nc1ccccc1C. The zero-order valence-corrected chi connectivity index (χ0v) is 46.4. The molecule has 0 saturated carbocycles. The third kappa shape index (κ3) is 15.8. The lowest BCUT2D eigenvalue weighted by Gasteiger charge is -2.25. The van der Waals surface area contributed by atoms with E-state index in [9.17, 15) is 42.0 Å². The Morgan fingerprint density at radius 3 is 2.05 bits per heavy atom. The summed E-state index contributed by atoms with van der Waals surface area (Å²) < 4.78 is 41.2. The standard InChI is InChI=1S/C55H65N13O11S/c1-33-13-9-11-15-41(33)61-54(74)60-40-19-18-39(56-26-40)25-50(71)68-22-21-35(3)51(68)45-28-66(31-57-45)29-47(64-80(8,76)77)53(73)79-52(72)46(59-37(5)69)30-67-32-58-44(36(67)4)27-65(6)49(70)24-38-17-20-43(48(23-38)78-7)63-55(75)62-42-16-12-10-14-34(42)2/h9-20,23,26,28,31-32,35,46-47,51,64H,21-22,24-25,27,29-30H2,1-8H3,(H,59,69)(H2,60,61,74)(H2,62,63,75). The molecule has 1 aliphatic heterocycles. The van der Waals surface area contributed by atoms with Crippen LogP contribution in [0.25, 0.3) is 0 Å². The van der Waals surface area contributed by atoms with Crippen molar-refractivity contribution < 1.29 is 51.5 Å². The first-order valence-electron chi connectivity index (χ1n) is 25.5. The highest BCUT2D eigenvalue weighted by Gasteiger charge is 2.38. The predicted molar refractivity (Wildman–Crippen MR) is 297 cm³/mol. The summed E-state index contributed by atoms with van der Waals surface area (Å²) in [5, 5.41) is 13.6. The summed E-state index contributed by atoms with van der Waals surface area (Å²) >= 11 is 0. The number of likely N-dealkylation sites (tertiary alicyclic amines) is 1. The topological polar surface area (TPSA) is 299 Å². The Kier molecular flexibility index (Phi) is 19.2. The number of imidazole rings is 2. The average Bonchev–Trinajstić information content (AvgIpc) is 4.19. The molecule has 24 nitrogen and oxygen atoms in total. The van der Waals surface area contributed by atoms with Crippen LogP contribution >= 0.6 is 0 Å². The monoisotopic (exact) mass is 1120 g/mol. The van der Waals surface area contributed by atoms with Gasteiger partial charge < -0.3 is 55.0 Å². The molecule has 6 N–H and O–H groups in total. The maximum atomic E-state index is 13.8. The van der Waals surface area contributed by atoms with Gasteiger partial charge in [-0.3, -0.25) is 19.4 Å². The quantitative estimate of drug-likeness (QED) is 0.0397. The van der Waals surface area contributed by atoms with Gasteiger partial charge in [0.25, 0.3) is 0 Å². The van der Waals surface area contributed by atoms with Crippen molar-refractivity contribution >= 4 is 74.5 Å². The van der Waals surface area contributed by atoms with Gasteiger partial charge in [-0.2, -0.15) is 4.72 Å². The fourth-order valence-corrected chi connectivity index (χ4v) is 9.73. The Morgan fingerprint density at radius 1 is 0.775 bits per heavy atom. The molecule has 1 aliphatic rings. The number of ether oxygens (including phenoxy) is 2. The molecule has 1 fully saturated rings. The molecule has 4 unspecified atom stereocenters. The number of anilines is 4. The van der Waals surface area contributed by atoms with Crippen LogP contribution in [0, 0.1) is 26.7 Å². The lowest BCUT2D eigenvalue weighted by atomic mass is 10.0. The van der Waals surface area contributed by atoms with Crippen molar-refractivity contribution in [3.05, 3.63) is 143 Å². The molecule has 0 spiro atoms. The number of hydrogen-bond acceptors (Lipinski definition) is 14. The summed E-state index contributed by atoms with van der Waals surface area (Å²) in [6.45, 7) is 8.49. The van der Waals surface area contributed by atoms with Crippen LogP contribution in [0.3, 0.4) is 0 Å². The highest BCUT2D eigenvalue weighted by Crippen LogP contribution is 2.37. The number of likely N-dealkylation sites (N-methyl/N-ethyl adjacent to an activating group) is 1. The normalized spacial score (nSPS) is 14.8. The van der Waals surface area contributed by atoms with Gasteiger partial charge in [-0.15, -0.1) is 0 Å². The first-order valence-corrected chi connectivity index (χ1v) is 27.4. The number of aryl methyl sites for hydroxylation is 2. The summed E-state index contributed by atoms with van der Waals surface area (Å²) in [4.78, 5) is 109. The Bertz CT molecular complexity index is 3380. The minimum Gasteiger partial charge on any atom is -0.495 e. The number of esters is 2. The molecular weight excluding hydrogens is 1050 g/mol. The summed E-state index contributed by atoms with van der Waals surface area (Å²) in [7, 11) is -1.02. The van der Waals surface area contributed by atoms with Crippen LogP contribution in [0.1, 0.15) is 65.8 Å². The third-order valence-electron chi connectivity index (χ3n) is 13.3.